The van der Waals surface area contributed by atoms with Gasteiger partial charge in [0.05, 0.1) is 11.4 Å². The number of hydrogen-bond donors (Lipinski definition) is 1. The number of fused-ring (bicyclic) bond motifs is 1. The fourth-order valence-electron chi connectivity index (χ4n) is 2.73. The highest BCUT2D eigenvalue weighted by Gasteiger charge is 2.18. The van der Waals surface area contributed by atoms with Crippen molar-refractivity contribution in [1.29, 1.82) is 0 Å². The highest BCUT2D eigenvalue weighted by Crippen LogP contribution is 2.20. The minimum absolute atomic E-state index is 0.231. The minimum atomic E-state index is -0.418. The van der Waals surface area contributed by atoms with Gasteiger partial charge in [0.2, 0.25) is 0 Å². The van der Waals surface area contributed by atoms with E-state index in [-0.39, 0.29) is 11.6 Å². The number of nitrogens with zero attached hydrogens (tertiary/aromatic N) is 3. The van der Waals surface area contributed by atoms with E-state index in [1.807, 2.05) is 24.3 Å². The number of carbonyl (C=O) groups excluding carboxylic acids is 1. The molecule has 0 aliphatic heterocycles. The van der Waals surface area contributed by atoms with Crippen LogP contribution in [0.1, 0.15) is 16.2 Å². The van der Waals surface area contributed by atoms with Crippen molar-refractivity contribution in [3.8, 4) is 5.69 Å². The second kappa shape index (κ2) is 6.81. The molecule has 4 aromatic rings. The smallest absolute Gasteiger partial charge is 0.336 e. The summed E-state index contributed by atoms with van der Waals surface area (Å²) in [5.41, 5.74) is 2.26. The summed E-state index contributed by atoms with van der Waals surface area (Å²) in [6.07, 6.45) is 0. The Morgan fingerprint density at radius 3 is 2.81 bits per heavy atom. The van der Waals surface area contributed by atoms with Crippen molar-refractivity contribution in [3.05, 3.63) is 80.9 Å². The van der Waals surface area contributed by atoms with Gasteiger partial charge in [-0.15, -0.1) is 5.10 Å². The molecular formula is C19H13BrN4O3. The molecule has 2 aromatic carbocycles. The quantitative estimate of drug-likeness (QED) is 0.506. The number of halogens is 1. The van der Waals surface area contributed by atoms with Gasteiger partial charge in [0, 0.05) is 21.6 Å². The molecule has 0 aliphatic rings. The molecule has 27 heavy (non-hydrogen) atoms. The van der Waals surface area contributed by atoms with Crippen LogP contribution in [-0.4, -0.2) is 20.9 Å². The van der Waals surface area contributed by atoms with Crippen LogP contribution in [0, 0.1) is 6.92 Å². The Hall–Kier alpha value is -3.26. The van der Waals surface area contributed by atoms with Crippen LogP contribution in [-0.2, 0) is 0 Å². The lowest BCUT2D eigenvalue weighted by Crippen LogP contribution is -2.14. The van der Waals surface area contributed by atoms with Crippen molar-refractivity contribution in [2.45, 2.75) is 6.92 Å². The molecule has 7 nitrogen and oxygen atoms in total. The zero-order valence-corrected chi connectivity index (χ0v) is 15.7. The molecule has 1 N–H and O–H groups in total. The Balaban J connectivity index is 1.62. The molecule has 0 atom stereocenters. The molecule has 1 amide bonds. The van der Waals surface area contributed by atoms with E-state index in [1.165, 1.54) is 6.07 Å². The van der Waals surface area contributed by atoms with Crippen molar-refractivity contribution in [2.24, 2.45) is 0 Å². The normalized spacial score (nSPS) is 10.9. The fraction of sp³-hybridized carbons (Fsp3) is 0.0526. The van der Waals surface area contributed by atoms with E-state index in [9.17, 15) is 9.59 Å². The van der Waals surface area contributed by atoms with Gasteiger partial charge in [0.15, 0.2) is 5.69 Å². The summed E-state index contributed by atoms with van der Waals surface area (Å²) in [5, 5.41) is 11.6. The van der Waals surface area contributed by atoms with E-state index < -0.39 is 5.63 Å². The van der Waals surface area contributed by atoms with Gasteiger partial charge in [0.25, 0.3) is 5.91 Å². The van der Waals surface area contributed by atoms with Crippen molar-refractivity contribution < 1.29 is 9.21 Å². The van der Waals surface area contributed by atoms with E-state index in [4.69, 9.17) is 4.42 Å². The number of aromatic nitrogens is 3. The molecule has 134 valence electrons. The molecule has 2 heterocycles. The first kappa shape index (κ1) is 17.2. The first-order valence-corrected chi connectivity index (χ1v) is 8.84. The fourth-order valence-corrected chi connectivity index (χ4v) is 3.12. The van der Waals surface area contributed by atoms with Crippen LogP contribution in [0.4, 0.5) is 5.69 Å². The molecule has 0 fully saturated rings. The molecule has 0 bridgehead atoms. The maximum atomic E-state index is 12.6. The second-order valence-corrected chi connectivity index (χ2v) is 6.79. The third kappa shape index (κ3) is 3.39. The largest absolute Gasteiger partial charge is 0.423 e. The lowest BCUT2D eigenvalue weighted by molar-refractivity contribution is 0.102. The summed E-state index contributed by atoms with van der Waals surface area (Å²) in [7, 11) is 0. The number of rotatable bonds is 3. The van der Waals surface area contributed by atoms with E-state index >= 15 is 0 Å². The standard InChI is InChI=1S/C19H13BrN4O3/c1-11-18(22-23-24(11)15-4-2-3-13(20)10-15)19(26)21-14-6-7-16-12(9-14)5-8-17(25)27-16/h2-10H,1H3,(H,21,26). The Labute approximate surface area is 161 Å². The number of anilines is 1. The van der Waals surface area contributed by atoms with E-state index in [0.29, 0.717) is 22.4 Å². The average molecular weight is 425 g/mol. The van der Waals surface area contributed by atoms with Gasteiger partial charge < -0.3 is 9.73 Å². The molecule has 0 spiro atoms. The molecule has 0 radical (unpaired) electrons. The highest BCUT2D eigenvalue weighted by molar-refractivity contribution is 9.10. The summed E-state index contributed by atoms with van der Waals surface area (Å²) in [5.74, 6) is -0.370. The molecule has 8 heteroatoms. The first-order valence-electron chi connectivity index (χ1n) is 8.05. The van der Waals surface area contributed by atoms with Gasteiger partial charge in [-0.3, -0.25) is 4.79 Å². The van der Waals surface area contributed by atoms with Gasteiger partial charge in [-0.25, -0.2) is 9.48 Å². The maximum Gasteiger partial charge on any atom is 0.336 e. The monoisotopic (exact) mass is 424 g/mol. The highest BCUT2D eigenvalue weighted by atomic mass is 79.9. The number of nitrogens with one attached hydrogen (secondary N) is 1. The average Bonchev–Trinajstić information content (AvgIpc) is 3.03. The number of amides is 1. The summed E-state index contributed by atoms with van der Waals surface area (Å²) < 4.78 is 7.60. The lowest BCUT2D eigenvalue weighted by Gasteiger charge is -2.06. The van der Waals surface area contributed by atoms with Crippen LogP contribution in [0.25, 0.3) is 16.7 Å². The van der Waals surface area contributed by atoms with Gasteiger partial charge in [-0.2, -0.15) is 0 Å². The summed E-state index contributed by atoms with van der Waals surface area (Å²) in [6.45, 7) is 1.78. The molecule has 0 aliphatic carbocycles. The van der Waals surface area contributed by atoms with Crippen LogP contribution in [0.5, 0.6) is 0 Å². The van der Waals surface area contributed by atoms with Crippen LogP contribution < -0.4 is 10.9 Å². The molecule has 2 aromatic heterocycles. The maximum absolute atomic E-state index is 12.6. The number of carbonyl (C=O) groups is 1. The predicted molar refractivity (Wildman–Crippen MR) is 104 cm³/mol. The molecule has 0 saturated heterocycles. The zero-order chi connectivity index (χ0) is 19.0. The molecule has 0 saturated carbocycles. The number of benzene rings is 2. The van der Waals surface area contributed by atoms with Gasteiger partial charge in [-0.05, 0) is 49.4 Å². The van der Waals surface area contributed by atoms with Crippen molar-refractivity contribution in [3.63, 3.8) is 0 Å². The van der Waals surface area contributed by atoms with Gasteiger partial charge in [0.1, 0.15) is 5.58 Å². The molecule has 0 unspecified atom stereocenters. The van der Waals surface area contributed by atoms with Crippen molar-refractivity contribution in [2.75, 3.05) is 5.32 Å². The molecule has 4 rings (SSSR count). The predicted octanol–water partition coefficient (Wildman–Crippen LogP) is 3.70. The van der Waals surface area contributed by atoms with Crippen LogP contribution in [0.2, 0.25) is 0 Å². The van der Waals surface area contributed by atoms with Crippen LogP contribution in [0.3, 0.4) is 0 Å². The van der Waals surface area contributed by atoms with Crippen molar-refractivity contribution in [1.82, 2.24) is 15.0 Å². The third-order valence-electron chi connectivity index (χ3n) is 4.04. The SMILES string of the molecule is Cc1c(C(=O)Nc2ccc3oc(=O)ccc3c2)nnn1-c1cccc(Br)c1. The Kier molecular flexibility index (Phi) is 4.33. The summed E-state index contributed by atoms with van der Waals surface area (Å²) in [4.78, 5) is 23.9. The first-order chi connectivity index (χ1) is 13.0. The van der Waals surface area contributed by atoms with Crippen LogP contribution >= 0.6 is 15.9 Å². The third-order valence-corrected chi connectivity index (χ3v) is 4.53. The lowest BCUT2D eigenvalue weighted by atomic mass is 10.2. The van der Waals surface area contributed by atoms with Crippen molar-refractivity contribution >= 4 is 38.5 Å². The summed E-state index contributed by atoms with van der Waals surface area (Å²) >= 11 is 3.42. The zero-order valence-electron chi connectivity index (χ0n) is 14.1. The number of hydrogen-bond acceptors (Lipinski definition) is 5. The second-order valence-electron chi connectivity index (χ2n) is 5.88. The Morgan fingerprint density at radius 2 is 2.00 bits per heavy atom. The topological polar surface area (TPSA) is 90.0 Å². The summed E-state index contributed by atoms with van der Waals surface area (Å²) in [6, 6.07) is 15.6. The molecular weight excluding hydrogens is 412 g/mol. The van der Waals surface area contributed by atoms with Crippen LogP contribution in [0.15, 0.2) is 68.3 Å². The minimum Gasteiger partial charge on any atom is -0.423 e. The van der Waals surface area contributed by atoms with E-state index in [2.05, 4.69) is 31.6 Å². The van der Waals surface area contributed by atoms with E-state index in [1.54, 1.807) is 35.9 Å². The van der Waals surface area contributed by atoms with E-state index in [0.717, 1.165) is 10.2 Å². The Morgan fingerprint density at radius 1 is 1.15 bits per heavy atom. The van der Waals surface area contributed by atoms with Gasteiger partial charge in [-0.1, -0.05) is 27.2 Å². The Bertz CT molecular complexity index is 1230. The van der Waals surface area contributed by atoms with Gasteiger partial charge >= 0.3 is 5.63 Å².